The summed E-state index contributed by atoms with van der Waals surface area (Å²) in [7, 11) is 0. The van der Waals surface area contributed by atoms with Gasteiger partial charge in [0.25, 0.3) is 11.5 Å². The van der Waals surface area contributed by atoms with Gasteiger partial charge in [-0.1, -0.05) is 49.0 Å². The summed E-state index contributed by atoms with van der Waals surface area (Å²) in [5.74, 6) is -0.207. The van der Waals surface area contributed by atoms with Gasteiger partial charge < -0.3 is 16.0 Å². The smallest absolute Gasteiger partial charge is 0.260 e. The number of rotatable bonds is 6. The number of hydrogen-bond donors (Lipinski definition) is 3. The van der Waals surface area contributed by atoms with Gasteiger partial charge in [-0.2, -0.15) is 0 Å². The van der Waals surface area contributed by atoms with Crippen LogP contribution in [0.1, 0.15) is 39.0 Å². The Balaban J connectivity index is 1.35. The number of aromatic amines is 1. The molecule has 0 aliphatic heterocycles. The van der Waals surface area contributed by atoms with Gasteiger partial charge in [-0.3, -0.25) is 14.4 Å². The lowest BCUT2D eigenvalue weighted by atomic mass is 9.88. The molecular formula is C25H24N4O3S3. The van der Waals surface area contributed by atoms with Crippen LogP contribution < -0.4 is 16.6 Å². The highest BCUT2D eigenvalue weighted by Crippen LogP contribution is 2.40. The number of H-pyrrole nitrogens is 1. The lowest BCUT2D eigenvalue weighted by Crippen LogP contribution is -2.20. The van der Waals surface area contributed by atoms with Gasteiger partial charge in [0, 0.05) is 15.3 Å². The van der Waals surface area contributed by atoms with Crippen LogP contribution in [-0.2, 0) is 17.6 Å². The minimum Gasteiger partial charge on any atom is -0.365 e. The molecule has 0 radical (unpaired) electrons. The summed E-state index contributed by atoms with van der Waals surface area (Å²) in [4.78, 5) is 48.0. The van der Waals surface area contributed by atoms with Crippen LogP contribution in [0.4, 0.5) is 5.00 Å². The molecule has 10 heteroatoms. The summed E-state index contributed by atoms with van der Waals surface area (Å²) in [6, 6.07) is 9.77. The Hall–Kier alpha value is -2.95. The normalized spacial score (nSPS) is 15.2. The first-order valence-electron chi connectivity index (χ1n) is 11.3. The Kier molecular flexibility index (Phi) is 6.52. The highest BCUT2D eigenvalue weighted by atomic mass is 32.2. The fraction of sp³-hybridized carbons (Fsp3) is 0.280. The second kappa shape index (κ2) is 9.60. The first-order chi connectivity index (χ1) is 16.8. The van der Waals surface area contributed by atoms with Crippen molar-refractivity contribution < 1.29 is 9.59 Å². The van der Waals surface area contributed by atoms with E-state index in [1.54, 1.807) is 0 Å². The number of nitrogens with zero attached hydrogens (tertiary/aromatic N) is 1. The van der Waals surface area contributed by atoms with Crippen molar-refractivity contribution in [2.24, 2.45) is 11.7 Å². The molecule has 0 saturated heterocycles. The van der Waals surface area contributed by atoms with E-state index in [1.807, 2.05) is 37.3 Å². The maximum atomic E-state index is 12.9. The topological polar surface area (TPSA) is 118 Å². The van der Waals surface area contributed by atoms with E-state index in [-0.39, 0.29) is 17.2 Å². The van der Waals surface area contributed by atoms with Crippen LogP contribution in [0, 0.1) is 12.8 Å². The van der Waals surface area contributed by atoms with Gasteiger partial charge >= 0.3 is 0 Å². The number of fused-ring (bicyclic) bond motifs is 2. The Morgan fingerprint density at radius 1 is 1.26 bits per heavy atom. The van der Waals surface area contributed by atoms with Crippen molar-refractivity contribution in [2.75, 3.05) is 11.1 Å². The first-order valence-corrected chi connectivity index (χ1v) is 13.9. The molecule has 0 bridgehead atoms. The minimum absolute atomic E-state index is 0.0432. The lowest BCUT2D eigenvalue weighted by molar-refractivity contribution is -0.113. The molecule has 5 rings (SSSR count). The van der Waals surface area contributed by atoms with Crippen molar-refractivity contribution in [3.05, 3.63) is 61.6 Å². The van der Waals surface area contributed by atoms with E-state index in [0.717, 1.165) is 57.5 Å². The molecule has 3 aromatic heterocycles. The van der Waals surface area contributed by atoms with Crippen LogP contribution in [0.5, 0.6) is 0 Å². The van der Waals surface area contributed by atoms with Gasteiger partial charge in [-0.05, 0) is 43.2 Å². The number of thioether (sulfide) groups is 1. The maximum Gasteiger partial charge on any atom is 0.260 e. The van der Waals surface area contributed by atoms with E-state index < -0.39 is 5.91 Å². The van der Waals surface area contributed by atoms with Crippen molar-refractivity contribution in [3.63, 3.8) is 0 Å². The quantitative estimate of drug-likeness (QED) is 0.243. The molecule has 35 heavy (non-hydrogen) atoms. The number of nitrogens with two attached hydrogens (primary N) is 1. The second-order valence-electron chi connectivity index (χ2n) is 8.71. The van der Waals surface area contributed by atoms with Crippen molar-refractivity contribution in [3.8, 4) is 11.1 Å². The molecule has 1 aliphatic rings. The third kappa shape index (κ3) is 4.65. The number of carbonyl (C=O) groups is 2. The van der Waals surface area contributed by atoms with E-state index in [4.69, 9.17) is 5.73 Å². The molecule has 3 heterocycles. The molecule has 1 aromatic carbocycles. The van der Waals surface area contributed by atoms with Crippen LogP contribution in [0.25, 0.3) is 21.3 Å². The summed E-state index contributed by atoms with van der Waals surface area (Å²) in [6.45, 7) is 4.16. The van der Waals surface area contributed by atoms with Crippen molar-refractivity contribution in [1.82, 2.24) is 9.97 Å². The Morgan fingerprint density at radius 3 is 2.77 bits per heavy atom. The molecule has 1 aliphatic carbocycles. The number of benzene rings is 1. The number of aromatic nitrogens is 2. The molecule has 4 N–H and O–H groups in total. The van der Waals surface area contributed by atoms with Crippen LogP contribution in [0.15, 0.2) is 40.3 Å². The summed E-state index contributed by atoms with van der Waals surface area (Å²) in [5.41, 5.74) is 8.70. The van der Waals surface area contributed by atoms with Crippen LogP contribution in [0.2, 0.25) is 0 Å². The SMILES string of the molecule is Cc1sc2nc(SCC(=O)Nc3sc4c(c3C(N)=O)CCC(C)C4)[nH]c(=O)c2c1-c1ccccc1. The maximum absolute atomic E-state index is 12.9. The molecule has 0 fully saturated rings. The number of aryl methyl sites for hydroxylation is 1. The number of nitrogens with one attached hydrogen (secondary N) is 2. The van der Waals surface area contributed by atoms with E-state index in [0.29, 0.717) is 31.9 Å². The fourth-order valence-electron chi connectivity index (χ4n) is 4.52. The Bertz CT molecular complexity index is 1500. The van der Waals surface area contributed by atoms with E-state index in [9.17, 15) is 14.4 Å². The zero-order chi connectivity index (χ0) is 24.7. The lowest BCUT2D eigenvalue weighted by Gasteiger charge is -2.18. The monoisotopic (exact) mass is 524 g/mol. The molecule has 7 nitrogen and oxygen atoms in total. The largest absolute Gasteiger partial charge is 0.365 e. The fourth-order valence-corrected chi connectivity index (χ4v) is 7.71. The molecular weight excluding hydrogens is 501 g/mol. The standard InChI is InChI=1S/C25H24N4O3S3/c1-12-8-9-15-16(10-12)35-23(19(15)21(26)31)27-17(30)11-33-25-28-22(32)20-18(13(2)34-24(20)29-25)14-6-4-3-5-7-14/h3-7,12H,8-11H2,1-2H3,(H2,26,31)(H,27,30)(H,28,29,32). The van der Waals surface area contributed by atoms with Crippen LogP contribution >= 0.6 is 34.4 Å². The van der Waals surface area contributed by atoms with Crippen molar-refractivity contribution in [1.29, 1.82) is 0 Å². The molecule has 4 aromatic rings. The van der Waals surface area contributed by atoms with Gasteiger partial charge in [-0.15, -0.1) is 22.7 Å². The minimum atomic E-state index is -0.515. The van der Waals surface area contributed by atoms with Crippen molar-refractivity contribution in [2.45, 2.75) is 38.3 Å². The Morgan fingerprint density at radius 2 is 2.03 bits per heavy atom. The van der Waals surface area contributed by atoms with Crippen molar-refractivity contribution >= 4 is 61.5 Å². The zero-order valence-electron chi connectivity index (χ0n) is 19.3. The molecule has 0 spiro atoms. The average molecular weight is 525 g/mol. The first kappa shape index (κ1) is 23.8. The van der Waals surface area contributed by atoms with Crippen LogP contribution in [0.3, 0.4) is 0 Å². The number of primary amides is 1. The Labute approximate surface area is 214 Å². The molecule has 1 unspecified atom stereocenters. The molecule has 0 saturated carbocycles. The number of anilines is 1. The third-order valence-electron chi connectivity index (χ3n) is 6.13. The van der Waals surface area contributed by atoms with E-state index in [2.05, 4.69) is 22.2 Å². The molecule has 1 atom stereocenters. The summed E-state index contributed by atoms with van der Waals surface area (Å²) < 4.78 is 0. The van der Waals surface area contributed by atoms with Gasteiger partial charge in [0.1, 0.15) is 9.83 Å². The summed E-state index contributed by atoms with van der Waals surface area (Å²) >= 11 is 4.06. The molecule has 180 valence electrons. The summed E-state index contributed by atoms with van der Waals surface area (Å²) in [5, 5.41) is 4.32. The second-order valence-corrected chi connectivity index (χ2v) is 12.0. The van der Waals surface area contributed by atoms with E-state index >= 15 is 0 Å². The van der Waals surface area contributed by atoms with Crippen LogP contribution in [-0.4, -0.2) is 27.5 Å². The summed E-state index contributed by atoms with van der Waals surface area (Å²) in [6.07, 6.45) is 2.69. The highest BCUT2D eigenvalue weighted by molar-refractivity contribution is 7.99. The third-order valence-corrected chi connectivity index (χ3v) is 9.17. The zero-order valence-corrected chi connectivity index (χ0v) is 21.7. The van der Waals surface area contributed by atoms with Gasteiger partial charge in [0.05, 0.1) is 16.7 Å². The van der Waals surface area contributed by atoms with Gasteiger partial charge in [-0.25, -0.2) is 4.98 Å². The molecule has 2 amide bonds. The highest BCUT2D eigenvalue weighted by Gasteiger charge is 2.27. The number of hydrogen-bond acceptors (Lipinski definition) is 7. The predicted molar refractivity (Wildman–Crippen MR) is 144 cm³/mol. The number of thiophene rings is 2. The van der Waals surface area contributed by atoms with Gasteiger partial charge in [0.2, 0.25) is 5.91 Å². The number of carbonyl (C=O) groups excluding carboxylic acids is 2. The average Bonchev–Trinajstić information content (AvgIpc) is 3.34. The van der Waals surface area contributed by atoms with E-state index in [1.165, 1.54) is 22.7 Å². The number of amides is 2. The van der Waals surface area contributed by atoms with Gasteiger partial charge in [0.15, 0.2) is 5.16 Å². The predicted octanol–water partition coefficient (Wildman–Crippen LogP) is 4.98.